The molecule has 72 valence electrons. The van der Waals surface area contributed by atoms with Gasteiger partial charge in [-0.2, -0.15) is 0 Å². The molecule has 0 saturated heterocycles. The zero-order valence-corrected chi connectivity index (χ0v) is 7.73. The van der Waals surface area contributed by atoms with Crippen LogP contribution in [0.25, 0.3) is 0 Å². The van der Waals surface area contributed by atoms with E-state index in [1.807, 2.05) is 0 Å². The van der Waals surface area contributed by atoms with Gasteiger partial charge in [-0.1, -0.05) is 18.2 Å². The van der Waals surface area contributed by atoms with Crippen LogP contribution >= 0.6 is 0 Å². The standard InChI is InChI=1S/C7H9NO4S/c1-12-8(9)13(10,11)7-5-3-2-4-6-7/h2-6,9H,1H3. The molecular formula is C7H9NO4S. The van der Waals surface area contributed by atoms with Gasteiger partial charge in [-0.15, -0.1) is 0 Å². The Morgan fingerprint density at radius 3 is 2.31 bits per heavy atom. The Morgan fingerprint density at radius 2 is 1.85 bits per heavy atom. The molecule has 0 spiro atoms. The molecule has 0 atom stereocenters. The predicted octanol–water partition coefficient (Wildman–Crippen LogP) is 0.628. The highest BCUT2D eigenvalue weighted by molar-refractivity contribution is 7.88. The average molecular weight is 203 g/mol. The number of hydrogen-bond acceptors (Lipinski definition) is 4. The second-order valence-electron chi connectivity index (χ2n) is 2.21. The maximum Gasteiger partial charge on any atom is 0.288 e. The fraction of sp³-hybridized carbons (Fsp3) is 0.143. The van der Waals surface area contributed by atoms with Crippen molar-refractivity contribution in [1.82, 2.24) is 4.63 Å². The fourth-order valence-electron chi connectivity index (χ4n) is 0.781. The third-order valence-corrected chi connectivity index (χ3v) is 2.83. The highest BCUT2D eigenvalue weighted by Gasteiger charge is 2.22. The van der Waals surface area contributed by atoms with E-state index >= 15 is 0 Å². The Morgan fingerprint density at radius 1 is 1.31 bits per heavy atom. The normalized spacial score (nSPS) is 11.9. The van der Waals surface area contributed by atoms with Crippen LogP contribution in [0.1, 0.15) is 0 Å². The first kappa shape index (κ1) is 10.1. The van der Waals surface area contributed by atoms with Gasteiger partial charge in [0, 0.05) is 0 Å². The van der Waals surface area contributed by atoms with E-state index in [1.165, 1.54) is 12.1 Å². The zero-order valence-electron chi connectivity index (χ0n) is 6.91. The smallest absolute Gasteiger partial charge is 0.276 e. The summed E-state index contributed by atoms with van der Waals surface area (Å²) in [6.45, 7) is 0. The summed E-state index contributed by atoms with van der Waals surface area (Å²) in [6.07, 6.45) is 0. The second kappa shape index (κ2) is 3.84. The lowest BCUT2D eigenvalue weighted by Crippen LogP contribution is -2.26. The minimum atomic E-state index is -3.92. The topological polar surface area (TPSA) is 66.8 Å². The lowest BCUT2D eigenvalue weighted by atomic mass is 10.4. The Hall–Kier alpha value is -0.950. The number of rotatable bonds is 3. The highest BCUT2D eigenvalue weighted by atomic mass is 32.2. The number of nitrogens with zero attached hydrogens (tertiary/aromatic N) is 1. The summed E-state index contributed by atoms with van der Waals surface area (Å²) in [4.78, 5) is 4.14. The molecule has 1 aromatic carbocycles. The molecule has 1 N–H and O–H groups in total. The van der Waals surface area contributed by atoms with Crippen molar-refractivity contribution in [2.75, 3.05) is 7.11 Å². The van der Waals surface area contributed by atoms with Gasteiger partial charge < -0.3 is 0 Å². The van der Waals surface area contributed by atoms with Crippen LogP contribution in [-0.4, -0.2) is 25.4 Å². The first-order valence-corrected chi connectivity index (χ1v) is 4.86. The molecule has 0 aliphatic heterocycles. The zero-order chi connectivity index (χ0) is 9.90. The van der Waals surface area contributed by atoms with E-state index in [2.05, 4.69) is 4.84 Å². The van der Waals surface area contributed by atoms with Crippen molar-refractivity contribution in [1.29, 1.82) is 0 Å². The summed E-state index contributed by atoms with van der Waals surface area (Å²) in [5.74, 6) is 0. The SMILES string of the molecule is CON(O)S(=O)(=O)c1ccccc1. The molecule has 1 rings (SSSR count). The highest BCUT2D eigenvalue weighted by Crippen LogP contribution is 2.12. The van der Waals surface area contributed by atoms with Gasteiger partial charge in [-0.3, -0.25) is 10.0 Å². The largest absolute Gasteiger partial charge is 0.288 e. The number of hydrogen-bond donors (Lipinski definition) is 1. The monoisotopic (exact) mass is 203 g/mol. The van der Waals surface area contributed by atoms with Gasteiger partial charge in [0.15, 0.2) is 0 Å². The third-order valence-electron chi connectivity index (χ3n) is 1.40. The van der Waals surface area contributed by atoms with Gasteiger partial charge in [-0.05, 0) is 12.1 Å². The van der Waals surface area contributed by atoms with Gasteiger partial charge >= 0.3 is 0 Å². The first-order valence-electron chi connectivity index (χ1n) is 3.42. The summed E-state index contributed by atoms with van der Waals surface area (Å²) in [6, 6.07) is 7.50. The molecule has 0 saturated carbocycles. The molecule has 0 bridgehead atoms. The van der Waals surface area contributed by atoms with Crippen LogP contribution in [0.2, 0.25) is 0 Å². The molecule has 0 aliphatic carbocycles. The van der Waals surface area contributed by atoms with E-state index in [0.717, 1.165) is 7.11 Å². The van der Waals surface area contributed by atoms with Crippen molar-refractivity contribution in [3.8, 4) is 0 Å². The van der Waals surface area contributed by atoms with Crippen LogP contribution in [0, 0.1) is 0 Å². The molecule has 0 radical (unpaired) electrons. The van der Waals surface area contributed by atoms with Crippen LogP contribution in [0.15, 0.2) is 35.2 Å². The van der Waals surface area contributed by atoms with Crippen LogP contribution in [-0.2, 0) is 14.9 Å². The molecular weight excluding hydrogens is 194 g/mol. The molecule has 5 nitrogen and oxygen atoms in total. The Bertz CT molecular complexity index is 361. The summed E-state index contributed by atoms with van der Waals surface area (Å²) < 4.78 is 22.4. The summed E-state index contributed by atoms with van der Waals surface area (Å²) in [5, 5.41) is 8.86. The molecule has 0 fully saturated rings. The maximum absolute atomic E-state index is 11.3. The second-order valence-corrected chi connectivity index (χ2v) is 3.94. The van der Waals surface area contributed by atoms with E-state index in [-0.39, 0.29) is 9.53 Å². The van der Waals surface area contributed by atoms with Crippen molar-refractivity contribution in [2.24, 2.45) is 0 Å². The Kier molecular flexibility index (Phi) is 2.99. The van der Waals surface area contributed by atoms with E-state index < -0.39 is 10.0 Å². The molecule has 0 amide bonds. The summed E-state index contributed by atoms with van der Waals surface area (Å²) in [7, 11) is -2.87. The first-order chi connectivity index (χ1) is 6.09. The predicted molar refractivity (Wildman–Crippen MR) is 44.3 cm³/mol. The van der Waals surface area contributed by atoms with Crippen molar-refractivity contribution >= 4 is 10.0 Å². The number of benzene rings is 1. The van der Waals surface area contributed by atoms with Crippen molar-refractivity contribution in [3.63, 3.8) is 0 Å². The van der Waals surface area contributed by atoms with Crippen molar-refractivity contribution in [2.45, 2.75) is 4.90 Å². The molecule has 0 aliphatic rings. The summed E-state index contributed by atoms with van der Waals surface area (Å²) in [5.41, 5.74) is 0. The van der Waals surface area contributed by atoms with Crippen LogP contribution < -0.4 is 0 Å². The molecule has 13 heavy (non-hydrogen) atoms. The van der Waals surface area contributed by atoms with Crippen LogP contribution in [0.5, 0.6) is 0 Å². The molecule has 6 heteroatoms. The molecule has 0 unspecified atom stereocenters. The average Bonchev–Trinajstić information content (AvgIpc) is 2.18. The van der Waals surface area contributed by atoms with Gasteiger partial charge in [0.1, 0.15) is 0 Å². The molecule has 1 aromatic rings. The lowest BCUT2D eigenvalue weighted by molar-refractivity contribution is -0.249. The van der Waals surface area contributed by atoms with E-state index in [0.29, 0.717) is 0 Å². The lowest BCUT2D eigenvalue weighted by Gasteiger charge is -2.10. The van der Waals surface area contributed by atoms with Gasteiger partial charge in [0.25, 0.3) is 10.0 Å². The third kappa shape index (κ3) is 2.04. The van der Waals surface area contributed by atoms with E-state index in [4.69, 9.17) is 5.21 Å². The maximum atomic E-state index is 11.3. The Labute approximate surface area is 76.1 Å². The van der Waals surface area contributed by atoms with E-state index in [1.54, 1.807) is 18.2 Å². The minimum absolute atomic E-state index is 0.0284. The van der Waals surface area contributed by atoms with Crippen molar-refractivity contribution in [3.05, 3.63) is 30.3 Å². The quantitative estimate of drug-likeness (QED) is 0.731. The van der Waals surface area contributed by atoms with Crippen LogP contribution in [0.4, 0.5) is 0 Å². The van der Waals surface area contributed by atoms with Gasteiger partial charge in [0.2, 0.25) is 0 Å². The van der Waals surface area contributed by atoms with Crippen LogP contribution in [0.3, 0.4) is 0 Å². The fourth-order valence-corrected chi connectivity index (χ4v) is 1.66. The van der Waals surface area contributed by atoms with Crippen molar-refractivity contribution < 1.29 is 18.5 Å². The van der Waals surface area contributed by atoms with Gasteiger partial charge in [0.05, 0.1) is 16.6 Å². The number of sulfonamides is 1. The summed E-state index contributed by atoms with van der Waals surface area (Å²) >= 11 is 0. The minimum Gasteiger partial charge on any atom is -0.276 e. The van der Waals surface area contributed by atoms with E-state index in [9.17, 15) is 8.42 Å². The molecule has 0 heterocycles. The molecule has 0 aromatic heterocycles. The Balaban J connectivity index is 3.09. The van der Waals surface area contributed by atoms with Gasteiger partial charge in [-0.25, -0.2) is 8.42 Å².